The van der Waals surface area contributed by atoms with E-state index in [1.807, 2.05) is 42.5 Å². The van der Waals surface area contributed by atoms with Crippen molar-refractivity contribution in [3.63, 3.8) is 0 Å². The zero-order valence-electron chi connectivity index (χ0n) is 13.0. The van der Waals surface area contributed by atoms with Crippen molar-refractivity contribution < 1.29 is 9.53 Å². The van der Waals surface area contributed by atoms with E-state index >= 15 is 0 Å². The molecule has 0 saturated heterocycles. The van der Waals surface area contributed by atoms with Gasteiger partial charge >= 0.3 is 0 Å². The molecule has 1 aliphatic rings. The molecular formula is C19H18ClNO2. The summed E-state index contributed by atoms with van der Waals surface area (Å²) < 4.78 is 5.48. The van der Waals surface area contributed by atoms with Gasteiger partial charge in [-0.25, -0.2) is 0 Å². The number of rotatable bonds is 4. The Hall–Kier alpha value is -2.26. The molecule has 3 rings (SSSR count). The zero-order chi connectivity index (χ0) is 16.2. The van der Waals surface area contributed by atoms with Crippen molar-refractivity contribution in [2.75, 3.05) is 13.7 Å². The quantitative estimate of drug-likeness (QED) is 0.796. The second kappa shape index (κ2) is 6.88. The van der Waals surface area contributed by atoms with Gasteiger partial charge in [-0.05, 0) is 47.0 Å². The summed E-state index contributed by atoms with van der Waals surface area (Å²) in [5.41, 5.74) is 3.22. The fourth-order valence-electron chi connectivity index (χ4n) is 2.59. The van der Waals surface area contributed by atoms with Crippen LogP contribution in [0.4, 0.5) is 0 Å². The van der Waals surface area contributed by atoms with E-state index in [4.69, 9.17) is 16.3 Å². The van der Waals surface area contributed by atoms with Gasteiger partial charge in [-0.15, -0.1) is 0 Å². The number of carbonyl (C=O) groups excluding carboxylic acids is 1. The molecule has 0 N–H and O–H groups in total. The number of hydrogen-bond donors (Lipinski definition) is 0. The molecule has 0 bridgehead atoms. The lowest BCUT2D eigenvalue weighted by atomic mass is 10.1. The normalized spacial score (nSPS) is 13.0. The first-order valence-corrected chi connectivity index (χ1v) is 7.93. The summed E-state index contributed by atoms with van der Waals surface area (Å²) in [6.07, 6.45) is 4.37. The van der Waals surface area contributed by atoms with Gasteiger partial charge in [0, 0.05) is 31.1 Å². The van der Waals surface area contributed by atoms with Crippen LogP contribution >= 0.6 is 11.6 Å². The predicted molar refractivity (Wildman–Crippen MR) is 92.6 cm³/mol. The summed E-state index contributed by atoms with van der Waals surface area (Å²) in [5, 5.41) is 0.680. The number of nitrogens with zero attached hydrogens (tertiary/aromatic N) is 1. The highest BCUT2D eigenvalue weighted by molar-refractivity contribution is 6.30. The third-order valence-corrected chi connectivity index (χ3v) is 4.05. The second-order valence-electron chi connectivity index (χ2n) is 5.62. The largest absolute Gasteiger partial charge is 0.493 e. The van der Waals surface area contributed by atoms with Crippen molar-refractivity contribution in [2.24, 2.45) is 0 Å². The molecule has 0 saturated carbocycles. The molecule has 1 amide bonds. The molecule has 1 aliphatic heterocycles. The number of likely N-dealkylation sites (N-methyl/N-ethyl adjacent to an activating group) is 1. The van der Waals surface area contributed by atoms with E-state index in [0.717, 1.165) is 29.9 Å². The van der Waals surface area contributed by atoms with Crippen molar-refractivity contribution >= 4 is 23.6 Å². The van der Waals surface area contributed by atoms with Crippen LogP contribution in [0.3, 0.4) is 0 Å². The lowest BCUT2D eigenvalue weighted by Crippen LogP contribution is -2.24. The average molecular weight is 328 g/mol. The number of fused-ring (bicyclic) bond motifs is 1. The molecule has 0 aromatic heterocycles. The highest BCUT2D eigenvalue weighted by Gasteiger charge is 2.11. The Labute approximate surface area is 141 Å². The molecule has 0 aliphatic carbocycles. The highest BCUT2D eigenvalue weighted by Crippen LogP contribution is 2.26. The van der Waals surface area contributed by atoms with Gasteiger partial charge in [-0.2, -0.15) is 0 Å². The number of amides is 1. The minimum Gasteiger partial charge on any atom is -0.493 e. The second-order valence-corrected chi connectivity index (χ2v) is 6.06. The van der Waals surface area contributed by atoms with Crippen LogP contribution in [0.5, 0.6) is 5.75 Å². The first-order chi connectivity index (χ1) is 11.1. The molecule has 2 aromatic rings. The van der Waals surface area contributed by atoms with Crippen LogP contribution in [0.25, 0.3) is 6.08 Å². The standard InChI is InChI=1S/C19H18ClNO2/c1-21(13-15-3-2-4-17(20)12-15)19(22)8-6-14-5-7-18-16(11-14)9-10-23-18/h2-8,11-12H,9-10,13H2,1H3/b8-6+. The summed E-state index contributed by atoms with van der Waals surface area (Å²) in [5.74, 6) is 0.910. The first-order valence-electron chi connectivity index (χ1n) is 7.55. The molecule has 118 valence electrons. The van der Waals surface area contributed by atoms with Crippen LogP contribution in [0.15, 0.2) is 48.5 Å². The van der Waals surface area contributed by atoms with E-state index < -0.39 is 0 Å². The van der Waals surface area contributed by atoms with Crippen molar-refractivity contribution in [1.29, 1.82) is 0 Å². The van der Waals surface area contributed by atoms with E-state index in [1.165, 1.54) is 5.56 Å². The van der Waals surface area contributed by atoms with Gasteiger partial charge in [-0.3, -0.25) is 4.79 Å². The van der Waals surface area contributed by atoms with Crippen LogP contribution in [0.1, 0.15) is 16.7 Å². The fourth-order valence-corrected chi connectivity index (χ4v) is 2.80. The van der Waals surface area contributed by atoms with Gasteiger partial charge in [0.05, 0.1) is 6.61 Å². The summed E-state index contributed by atoms with van der Waals surface area (Å²) in [4.78, 5) is 13.9. The molecule has 23 heavy (non-hydrogen) atoms. The Morgan fingerprint density at radius 2 is 2.17 bits per heavy atom. The van der Waals surface area contributed by atoms with Crippen LogP contribution in [-0.2, 0) is 17.8 Å². The Balaban J connectivity index is 1.63. The zero-order valence-corrected chi connectivity index (χ0v) is 13.7. The number of halogens is 1. The predicted octanol–water partition coefficient (Wildman–Crippen LogP) is 3.95. The maximum Gasteiger partial charge on any atom is 0.246 e. The maximum absolute atomic E-state index is 12.2. The van der Waals surface area contributed by atoms with E-state index in [9.17, 15) is 4.79 Å². The number of hydrogen-bond acceptors (Lipinski definition) is 2. The topological polar surface area (TPSA) is 29.5 Å². The minimum absolute atomic E-state index is 0.0401. The van der Waals surface area contributed by atoms with Crippen molar-refractivity contribution in [1.82, 2.24) is 4.90 Å². The van der Waals surface area contributed by atoms with Crippen LogP contribution in [0.2, 0.25) is 5.02 Å². The summed E-state index contributed by atoms with van der Waals surface area (Å²) >= 11 is 5.97. The van der Waals surface area contributed by atoms with Crippen LogP contribution in [-0.4, -0.2) is 24.5 Å². The molecule has 2 aromatic carbocycles. The lowest BCUT2D eigenvalue weighted by molar-refractivity contribution is -0.125. The SMILES string of the molecule is CN(Cc1cccc(Cl)c1)C(=O)/C=C/c1ccc2c(c1)CCO2. The molecule has 1 heterocycles. The van der Waals surface area contributed by atoms with Crippen LogP contribution in [0, 0.1) is 0 Å². The minimum atomic E-state index is -0.0401. The Morgan fingerprint density at radius 3 is 3.00 bits per heavy atom. The average Bonchev–Trinajstić information content (AvgIpc) is 3.00. The summed E-state index contributed by atoms with van der Waals surface area (Å²) in [6, 6.07) is 13.5. The van der Waals surface area contributed by atoms with Gasteiger partial charge in [0.25, 0.3) is 0 Å². The third kappa shape index (κ3) is 3.93. The Kier molecular flexibility index (Phi) is 4.68. The molecule has 0 fully saturated rings. The maximum atomic E-state index is 12.2. The highest BCUT2D eigenvalue weighted by atomic mass is 35.5. The number of benzene rings is 2. The molecule has 4 heteroatoms. The molecule has 0 atom stereocenters. The van der Waals surface area contributed by atoms with Gasteiger partial charge in [0.2, 0.25) is 5.91 Å². The molecule has 0 unspecified atom stereocenters. The summed E-state index contributed by atoms with van der Waals surface area (Å²) in [7, 11) is 1.78. The van der Waals surface area contributed by atoms with Crippen molar-refractivity contribution in [2.45, 2.75) is 13.0 Å². The van der Waals surface area contributed by atoms with Crippen molar-refractivity contribution in [3.05, 3.63) is 70.3 Å². The van der Waals surface area contributed by atoms with Gasteiger partial charge in [0.15, 0.2) is 0 Å². The Bertz CT molecular complexity index is 755. The smallest absolute Gasteiger partial charge is 0.246 e. The van der Waals surface area contributed by atoms with Gasteiger partial charge in [0.1, 0.15) is 5.75 Å². The molecule has 0 radical (unpaired) electrons. The van der Waals surface area contributed by atoms with E-state index in [1.54, 1.807) is 18.0 Å². The van der Waals surface area contributed by atoms with E-state index in [2.05, 4.69) is 6.07 Å². The first kappa shape index (κ1) is 15.6. The number of carbonyl (C=O) groups is 1. The lowest BCUT2D eigenvalue weighted by Gasteiger charge is -2.15. The molecule has 3 nitrogen and oxygen atoms in total. The molecule has 0 spiro atoms. The van der Waals surface area contributed by atoms with Gasteiger partial charge in [-0.1, -0.05) is 29.8 Å². The monoisotopic (exact) mass is 327 g/mol. The van der Waals surface area contributed by atoms with E-state index in [0.29, 0.717) is 11.6 Å². The molecular weight excluding hydrogens is 310 g/mol. The van der Waals surface area contributed by atoms with Crippen LogP contribution < -0.4 is 4.74 Å². The number of ether oxygens (including phenoxy) is 1. The van der Waals surface area contributed by atoms with Crippen molar-refractivity contribution in [3.8, 4) is 5.75 Å². The van der Waals surface area contributed by atoms with E-state index in [-0.39, 0.29) is 5.91 Å². The summed E-state index contributed by atoms with van der Waals surface area (Å²) in [6.45, 7) is 1.27. The third-order valence-electron chi connectivity index (χ3n) is 3.82. The fraction of sp³-hybridized carbons (Fsp3) is 0.211. The Morgan fingerprint density at radius 1 is 1.30 bits per heavy atom. The van der Waals surface area contributed by atoms with Gasteiger partial charge < -0.3 is 9.64 Å².